The minimum absolute atomic E-state index is 0.122. The SMILES string of the molecule is O=Cc1cn(C[C@@](O)(Cn2cncn2)c2ccc(Cl)cc2Cl)c2ccccc12. The third-order valence-electron chi connectivity index (χ3n) is 4.70. The third-order valence-corrected chi connectivity index (χ3v) is 5.25. The maximum Gasteiger partial charge on any atom is 0.152 e. The van der Waals surface area contributed by atoms with Gasteiger partial charge in [0.1, 0.15) is 18.3 Å². The Kier molecular flexibility index (Phi) is 4.93. The lowest BCUT2D eigenvalue weighted by molar-refractivity contribution is -0.00106. The molecule has 0 aliphatic carbocycles. The van der Waals surface area contributed by atoms with E-state index in [0.29, 0.717) is 21.2 Å². The fraction of sp³-hybridized carbons (Fsp3) is 0.150. The zero-order chi connectivity index (χ0) is 19.7. The molecule has 2 aromatic carbocycles. The normalized spacial score (nSPS) is 13.5. The molecule has 2 heterocycles. The van der Waals surface area contributed by atoms with Gasteiger partial charge in [0.2, 0.25) is 0 Å². The zero-order valence-electron chi connectivity index (χ0n) is 14.7. The molecule has 6 nitrogen and oxygen atoms in total. The Morgan fingerprint density at radius 1 is 1.14 bits per heavy atom. The van der Waals surface area contributed by atoms with Gasteiger partial charge in [0.15, 0.2) is 6.29 Å². The molecule has 0 bridgehead atoms. The van der Waals surface area contributed by atoms with Crippen LogP contribution in [0.5, 0.6) is 0 Å². The van der Waals surface area contributed by atoms with E-state index in [0.717, 1.165) is 17.2 Å². The van der Waals surface area contributed by atoms with Gasteiger partial charge in [0, 0.05) is 38.3 Å². The number of benzene rings is 2. The number of aliphatic hydroxyl groups is 1. The molecule has 0 aliphatic heterocycles. The van der Waals surface area contributed by atoms with E-state index >= 15 is 0 Å². The van der Waals surface area contributed by atoms with Crippen LogP contribution in [-0.4, -0.2) is 30.7 Å². The largest absolute Gasteiger partial charge is 0.381 e. The topological polar surface area (TPSA) is 72.9 Å². The molecule has 1 N–H and O–H groups in total. The van der Waals surface area contributed by atoms with Crippen molar-refractivity contribution in [2.45, 2.75) is 18.7 Å². The van der Waals surface area contributed by atoms with E-state index in [1.54, 1.807) is 24.4 Å². The summed E-state index contributed by atoms with van der Waals surface area (Å²) >= 11 is 12.4. The Morgan fingerprint density at radius 3 is 2.68 bits per heavy atom. The van der Waals surface area contributed by atoms with E-state index in [1.165, 1.54) is 17.3 Å². The molecule has 28 heavy (non-hydrogen) atoms. The van der Waals surface area contributed by atoms with E-state index in [1.807, 2.05) is 28.8 Å². The number of hydrogen-bond donors (Lipinski definition) is 1. The molecule has 0 aliphatic rings. The van der Waals surface area contributed by atoms with Gasteiger partial charge < -0.3 is 9.67 Å². The molecular weight excluding hydrogens is 399 g/mol. The van der Waals surface area contributed by atoms with Crippen LogP contribution in [0.15, 0.2) is 61.3 Å². The summed E-state index contributed by atoms with van der Waals surface area (Å²) in [7, 11) is 0. The number of nitrogens with zero attached hydrogens (tertiary/aromatic N) is 4. The van der Waals surface area contributed by atoms with Crippen molar-refractivity contribution in [1.82, 2.24) is 19.3 Å². The second-order valence-electron chi connectivity index (χ2n) is 6.60. The quantitative estimate of drug-likeness (QED) is 0.485. The molecule has 0 saturated carbocycles. The maximum atomic E-state index is 11.7. The van der Waals surface area contributed by atoms with Crippen molar-refractivity contribution in [2.24, 2.45) is 0 Å². The molecule has 0 saturated heterocycles. The summed E-state index contributed by atoms with van der Waals surface area (Å²) in [6.07, 6.45) is 5.47. The fourth-order valence-corrected chi connectivity index (χ4v) is 4.04. The van der Waals surface area contributed by atoms with Crippen LogP contribution in [0.25, 0.3) is 10.9 Å². The highest BCUT2D eigenvalue weighted by molar-refractivity contribution is 6.35. The van der Waals surface area contributed by atoms with Gasteiger partial charge in [0.05, 0.1) is 13.1 Å². The second kappa shape index (κ2) is 7.39. The minimum Gasteiger partial charge on any atom is -0.381 e. The van der Waals surface area contributed by atoms with Crippen molar-refractivity contribution in [3.05, 3.63) is 82.5 Å². The highest BCUT2D eigenvalue weighted by atomic mass is 35.5. The lowest BCUT2D eigenvalue weighted by atomic mass is 9.93. The maximum absolute atomic E-state index is 11.7. The molecule has 0 spiro atoms. The summed E-state index contributed by atoms with van der Waals surface area (Å²) in [4.78, 5) is 15.4. The van der Waals surface area contributed by atoms with E-state index in [-0.39, 0.29) is 13.1 Å². The molecule has 142 valence electrons. The number of aromatic nitrogens is 4. The first-order valence-corrected chi connectivity index (χ1v) is 9.29. The summed E-state index contributed by atoms with van der Waals surface area (Å²) in [5, 5.41) is 17.5. The Balaban J connectivity index is 1.83. The number of carbonyl (C=O) groups is 1. The summed E-state index contributed by atoms with van der Waals surface area (Å²) in [6.45, 7) is 0.278. The number of halogens is 2. The van der Waals surface area contributed by atoms with E-state index in [4.69, 9.17) is 23.2 Å². The van der Waals surface area contributed by atoms with Gasteiger partial charge in [-0.15, -0.1) is 0 Å². The van der Waals surface area contributed by atoms with Gasteiger partial charge >= 0.3 is 0 Å². The standard InChI is InChI=1S/C20H16Cl2N4O2/c21-15-5-6-17(18(22)7-15)20(28,11-26-13-23-12-24-26)10-25-8-14(9-27)16-3-1-2-4-19(16)25/h1-9,12-13,28H,10-11H2/t20-/m1/s1. The monoisotopic (exact) mass is 414 g/mol. The van der Waals surface area contributed by atoms with Crippen LogP contribution in [0.1, 0.15) is 15.9 Å². The zero-order valence-corrected chi connectivity index (χ0v) is 16.2. The molecule has 8 heteroatoms. The lowest BCUT2D eigenvalue weighted by Gasteiger charge is -2.30. The van der Waals surface area contributed by atoms with Gasteiger partial charge in [-0.05, 0) is 18.2 Å². The van der Waals surface area contributed by atoms with Crippen LogP contribution in [0.4, 0.5) is 0 Å². The summed E-state index contributed by atoms with van der Waals surface area (Å²) < 4.78 is 3.39. The molecule has 0 radical (unpaired) electrons. The third kappa shape index (κ3) is 3.42. The molecule has 2 aromatic heterocycles. The average molecular weight is 415 g/mol. The first-order chi connectivity index (χ1) is 13.5. The van der Waals surface area contributed by atoms with Crippen LogP contribution >= 0.6 is 23.2 Å². The predicted molar refractivity (Wildman–Crippen MR) is 108 cm³/mol. The van der Waals surface area contributed by atoms with Crippen molar-refractivity contribution < 1.29 is 9.90 Å². The van der Waals surface area contributed by atoms with Crippen LogP contribution in [-0.2, 0) is 18.7 Å². The van der Waals surface area contributed by atoms with Crippen LogP contribution in [0, 0.1) is 0 Å². The van der Waals surface area contributed by atoms with Crippen molar-refractivity contribution >= 4 is 40.4 Å². The van der Waals surface area contributed by atoms with Gasteiger partial charge in [0.25, 0.3) is 0 Å². The number of hydrogen-bond acceptors (Lipinski definition) is 4. The van der Waals surface area contributed by atoms with E-state index < -0.39 is 5.60 Å². The molecule has 4 rings (SSSR count). The highest BCUT2D eigenvalue weighted by Gasteiger charge is 2.34. The summed E-state index contributed by atoms with van der Waals surface area (Å²) in [5.74, 6) is 0. The van der Waals surface area contributed by atoms with Crippen molar-refractivity contribution in [1.29, 1.82) is 0 Å². The van der Waals surface area contributed by atoms with Crippen molar-refractivity contribution in [3.8, 4) is 0 Å². The smallest absolute Gasteiger partial charge is 0.152 e. The molecule has 0 fully saturated rings. The van der Waals surface area contributed by atoms with E-state index in [9.17, 15) is 9.90 Å². The Bertz CT molecular complexity index is 1140. The van der Waals surface area contributed by atoms with Crippen LogP contribution in [0.3, 0.4) is 0 Å². The number of carbonyl (C=O) groups excluding carboxylic acids is 1. The summed E-state index contributed by atoms with van der Waals surface area (Å²) in [6, 6.07) is 12.5. The number of aldehydes is 1. The van der Waals surface area contributed by atoms with E-state index in [2.05, 4.69) is 10.1 Å². The Labute approximate surface area is 170 Å². The van der Waals surface area contributed by atoms with Gasteiger partial charge in [-0.2, -0.15) is 5.10 Å². The van der Waals surface area contributed by atoms with Gasteiger partial charge in [-0.25, -0.2) is 9.67 Å². The van der Waals surface area contributed by atoms with Crippen molar-refractivity contribution in [3.63, 3.8) is 0 Å². The lowest BCUT2D eigenvalue weighted by Crippen LogP contribution is -2.36. The van der Waals surface area contributed by atoms with Gasteiger partial charge in [-0.3, -0.25) is 4.79 Å². The van der Waals surface area contributed by atoms with Crippen LogP contribution in [0.2, 0.25) is 10.0 Å². The fourth-order valence-electron chi connectivity index (χ4n) is 3.45. The second-order valence-corrected chi connectivity index (χ2v) is 7.44. The molecule has 1 atom stereocenters. The molecule has 4 aromatic rings. The number of para-hydroxylation sites is 1. The number of rotatable bonds is 6. The first-order valence-electron chi connectivity index (χ1n) is 8.53. The summed E-state index contributed by atoms with van der Waals surface area (Å²) in [5.41, 5.74) is 0.490. The highest BCUT2D eigenvalue weighted by Crippen LogP contribution is 2.34. The van der Waals surface area contributed by atoms with Gasteiger partial charge in [-0.1, -0.05) is 47.5 Å². The molecular formula is C20H16Cl2N4O2. The Morgan fingerprint density at radius 2 is 1.96 bits per heavy atom. The Hall–Kier alpha value is -2.67. The minimum atomic E-state index is -1.42. The molecule has 0 amide bonds. The van der Waals surface area contributed by atoms with Crippen LogP contribution < -0.4 is 0 Å². The molecule has 0 unspecified atom stereocenters. The first kappa shape index (κ1) is 18.7. The van der Waals surface area contributed by atoms with Crippen molar-refractivity contribution in [2.75, 3.05) is 0 Å². The predicted octanol–water partition coefficient (Wildman–Crippen LogP) is 3.94. The number of fused-ring (bicyclic) bond motifs is 1. The average Bonchev–Trinajstić information content (AvgIpc) is 3.29.